The molecule has 0 saturated heterocycles. The number of allylic oxidation sites excluding steroid dienone is 1. The van der Waals surface area contributed by atoms with Crippen LogP contribution in [-0.2, 0) is 0 Å². The number of aryl methyl sites for hydroxylation is 1. The summed E-state index contributed by atoms with van der Waals surface area (Å²) in [5, 5.41) is 2.11. The first kappa shape index (κ1) is 11.7. The summed E-state index contributed by atoms with van der Waals surface area (Å²) < 4.78 is 0. The number of hydrogen-bond acceptors (Lipinski definition) is 2. The lowest BCUT2D eigenvalue weighted by Crippen LogP contribution is -1.98. The molecule has 0 amide bonds. The average Bonchev–Trinajstić information content (AvgIpc) is 3.02. The fraction of sp³-hybridized carbons (Fsp3) is 0.312. The van der Waals surface area contributed by atoms with Gasteiger partial charge in [0.05, 0.1) is 10.6 Å². The highest BCUT2D eigenvalue weighted by molar-refractivity contribution is 7.13. The molecule has 1 aliphatic carbocycles. The predicted molar refractivity (Wildman–Crippen MR) is 79.0 cm³/mol. The molecule has 92 valence electrons. The quantitative estimate of drug-likeness (QED) is 0.749. The van der Waals surface area contributed by atoms with Crippen LogP contribution in [0.1, 0.15) is 42.5 Å². The van der Waals surface area contributed by atoms with Crippen molar-refractivity contribution >= 4 is 16.9 Å². The second-order valence-electron chi connectivity index (χ2n) is 5.09. The highest BCUT2D eigenvalue weighted by Crippen LogP contribution is 2.44. The number of rotatable bonds is 3. The van der Waals surface area contributed by atoms with Crippen LogP contribution in [0.25, 0.3) is 16.1 Å². The lowest BCUT2D eigenvalue weighted by atomic mass is 9.96. The first-order valence-electron chi connectivity index (χ1n) is 6.38. The van der Waals surface area contributed by atoms with Gasteiger partial charge in [0.15, 0.2) is 0 Å². The molecule has 0 aliphatic heterocycles. The molecule has 1 aliphatic rings. The van der Waals surface area contributed by atoms with Crippen LogP contribution in [0, 0.1) is 6.92 Å². The summed E-state index contributed by atoms with van der Waals surface area (Å²) in [4.78, 5) is 6.01. The van der Waals surface area contributed by atoms with Crippen molar-refractivity contribution in [2.45, 2.75) is 32.6 Å². The van der Waals surface area contributed by atoms with Crippen LogP contribution in [-0.4, -0.2) is 4.98 Å². The van der Waals surface area contributed by atoms with E-state index in [0.29, 0.717) is 0 Å². The Hall–Kier alpha value is -1.41. The van der Waals surface area contributed by atoms with Crippen molar-refractivity contribution in [1.29, 1.82) is 0 Å². The van der Waals surface area contributed by atoms with Crippen LogP contribution in [0.2, 0.25) is 0 Å². The van der Waals surface area contributed by atoms with E-state index in [1.165, 1.54) is 28.8 Å². The summed E-state index contributed by atoms with van der Waals surface area (Å²) in [6, 6.07) is 6.50. The van der Waals surface area contributed by atoms with E-state index in [1.54, 1.807) is 11.3 Å². The summed E-state index contributed by atoms with van der Waals surface area (Å²) in [5.74, 6) is 0.733. The molecule has 1 saturated carbocycles. The Balaban J connectivity index is 2.17. The molecule has 0 aromatic carbocycles. The second-order valence-corrected chi connectivity index (χ2v) is 6.04. The Morgan fingerprint density at radius 2 is 2.22 bits per heavy atom. The topological polar surface area (TPSA) is 12.9 Å². The number of pyridine rings is 1. The molecule has 0 bridgehead atoms. The van der Waals surface area contributed by atoms with Crippen molar-refractivity contribution in [2.24, 2.45) is 0 Å². The van der Waals surface area contributed by atoms with Crippen molar-refractivity contribution in [3.63, 3.8) is 0 Å². The molecule has 2 heteroatoms. The van der Waals surface area contributed by atoms with Gasteiger partial charge >= 0.3 is 0 Å². The first-order chi connectivity index (χ1) is 8.66. The van der Waals surface area contributed by atoms with Gasteiger partial charge in [0.2, 0.25) is 0 Å². The largest absolute Gasteiger partial charge is 0.252 e. The molecule has 2 heterocycles. The fourth-order valence-electron chi connectivity index (χ4n) is 2.52. The summed E-state index contributed by atoms with van der Waals surface area (Å²) >= 11 is 1.75. The minimum atomic E-state index is 0.733. The molecule has 1 nitrogen and oxygen atoms in total. The fourth-order valence-corrected chi connectivity index (χ4v) is 3.21. The summed E-state index contributed by atoms with van der Waals surface area (Å²) in [7, 11) is 0. The van der Waals surface area contributed by atoms with Crippen LogP contribution >= 0.6 is 11.3 Å². The molecular weight excluding hydrogens is 238 g/mol. The van der Waals surface area contributed by atoms with E-state index in [2.05, 4.69) is 44.0 Å². The highest BCUT2D eigenvalue weighted by atomic mass is 32.1. The molecule has 0 N–H and O–H groups in total. The minimum Gasteiger partial charge on any atom is -0.252 e. The molecule has 18 heavy (non-hydrogen) atoms. The maximum absolute atomic E-state index is 4.76. The van der Waals surface area contributed by atoms with E-state index in [1.807, 2.05) is 0 Å². The minimum absolute atomic E-state index is 0.733. The van der Waals surface area contributed by atoms with Gasteiger partial charge in [-0.2, -0.15) is 0 Å². The normalized spacial score (nSPS) is 14.8. The number of hydrogen-bond donors (Lipinski definition) is 0. The van der Waals surface area contributed by atoms with Crippen LogP contribution in [0.3, 0.4) is 0 Å². The molecule has 0 radical (unpaired) electrons. The van der Waals surface area contributed by atoms with Crippen LogP contribution in [0.15, 0.2) is 30.2 Å². The third-order valence-corrected chi connectivity index (χ3v) is 4.34. The van der Waals surface area contributed by atoms with E-state index < -0.39 is 0 Å². The Morgan fingerprint density at radius 3 is 2.78 bits per heavy atom. The standard InChI is InChI=1S/C16H17NS/c1-10(2)16-11(3)17-14(15-5-4-8-18-15)9-13(16)12-6-7-12/h4-5,8-9,12H,1,6-7H2,2-3H3. The van der Waals surface area contributed by atoms with Gasteiger partial charge in [0, 0.05) is 11.3 Å². The predicted octanol–water partition coefficient (Wildman–Crippen LogP) is 5.03. The molecule has 3 rings (SSSR count). The van der Waals surface area contributed by atoms with E-state index in [4.69, 9.17) is 4.98 Å². The monoisotopic (exact) mass is 255 g/mol. The Morgan fingerprint density at radius 1 is 1.44 bits per heavy atom. The number of nitrogens with zero attached hydrogens (tertiary/aromatic N) is 1. The van der Waals surface area contributed by atoms with Gasteiger partial charge in [-0.05, 0) is 61.3 Å². The highest BCUT2D eigenvalue weighted by Gasteiger charge is 2.28. The van der Waals surface area contributed by atoms with Gasteiger partial charge < -0.3 is 0 Å². The van der Waals surface area contributed by atoms with Gasteiger partial charge in [-0.1, -0.05) is 12.6 Å². The van der Waals surface area contributed by atoms with Crippen LogP contribution in [0.5, 0.6) is 0 Å². The van der Waals surface area contributed by atoms with Crippen molar-refractivity contribution in [3.8, 4) is 10.6 Å². The second kappa shape index (κ2) is 4.36. The molecule has 0 unspecified atom stereocenters. The molecule has 0 atom stereocenters. The summed E-state index contributed by atoms with van der Waals surface area (Å²) in [6.07, 6.45) is 2.63. The Labute approximate surface area is 112 Å². The smallest absolute Gasteiger partial charge is 0.0808 e. The molecule has 1 fully saturated rings. The molecule has 2 aromatic rings. The zero-order valence-corrected chi connectivity index (χ0v) is 11.7. The Kier molecular flexibility index (Phi) is 2.83. The van der Waals surface area contributed by atoms with Gasteiger partial charge in [-0.3, -0.25) is 4.98 Å². The summed E-state index contributed by atoms with van der Waals surface area (Å²) in [5.41, 5.74) is 6.13. The maximum atomic E-state index is 4.76. The van der Waals surface area contributed by atoms with E-state index in [9.17, 15) is 0 Å². The van der Waals surface area contributed by atoms with E-state index >= 15 is 0 Å². The van der Waals surface area contributed by atoms with Crippen LogP contribution < -0.4 is 0 Å². The average molecular weight is 255 g/mol. The van der Waals surface area contributed by atoms with Crippen molar-refractivity contribution in [3.05, 3.63) is 47.0 Å². The maximum Gasteiger partial charge on any atom is 0.0808 e. The van der Waals surface area contributed by atoms with Crippen molar-refractivity contribution in [1.82, 2.24) is 4.98 Å². The third-order valence-electron chi connectivity index (χ3n) is 3.45. The van der Waals surface area contributed by atoms with Gasteiger partial charge in [0.25, 0.3) is 0 Å². The van der Waals surface area contributed by atoms with Gasteiger partial charge in [0.1, 0.15) is 0 Å². The number of aromatic nitrogens is 1. The van der Waals surface area contributed by atoms with Gasteiger partial charge in [-0.15, -0.1) is 11.3 Å². The molecular formula is C16H17NS. The first-order valence-corrected chi connectivity index (χ1v) is 7.26. The van der Waals surface area contributed by atoms with E-state index in [-0.39, 0.29) is 0 Å². The molecule has 0 spiro atoms. The summed E-state index contributed by atoms with van der Waals surface area (Å²) in [6.45, 7) is 8.30. The Bertz CT molecular complexity index is 592. The van der Waals surface area contributed by atoms with Crippen molar-refractivity contribution in [2.75, 3.05) is 0 Å². The zero-order valence-electron chi connectivity index (χ0n) is 10.9. The third kappa shape index (κ3) is 2.01. The SMILES string of the molecule is C=C(C)c1c(C2CC2)cc(-c2cccs2)nc1C. The van der Waals surface area contributed by atoms with Crippen molar-refractivity contribution < 1.29 is 0 Å². The lowest BCUT2D eigenvalue weighted by molar-refractivity contribution is 1.07. The van der Waals surface area contributed by atoms with Gasteiger partial charge in [-0.25, -0.2) is 0 Å². The lowest BCUT2D eigenvalue weighted by Gasteiger charge is -2.13. The number of thiophene rings is 1. The van der Waals surface area contributed by atoms with Crippen LogP contribution in [0.4, 0.5) is 0 Å². The zero-order chi connectivity index (χ0) is 12.7. The molecule has 2 aromatic heterocycles. The van der Waals surface area contributed by atoms with E-state index in [0.717, 1.165) is 22.9 Å².